The summed E-state index contributed by atoms with van der Waals surface area (Å²) in [7, 11) is 3.11. The summed E-state index contributed by atoms with van der Waals surface area (Å²) >= 11 is 0. The average Bonchev–Trinajstić information content (AvgIpc) is 3.39. The summed E-state index contributed by atoms with van der Waals surface area (Å²) in [5.74, 6) is -1.44. The molecule has 1 aliphatic carbocycles. The molecule has 2 fully saturated rings. The fourth-order valence-electron chi connectivity index (χ4n) is 2.63. The first-order chi connectivity index (χ1) is 12.4. The molecule has 1 N–H and O–H groups in total. The standard InChI is InChI=1S/C17H20N4O5/c1-19(9-14(22)18-11-3-4-11)10-20-15(23)16(24)21(17(20)25)12-5-7-13(26-2)8-6-12/h5-8,11H,3-4,9-10H2,1-2H3,(H,18,22). The third-order valence-electron chi connectivity index (χ3n) is 4.12. The molecule has 1 heterocycles. The number of hydrogen-bond donors (Lipinski definition) is 1. The molecule has 9 nitrogen and oxygen atoms in total. The lowest BCUT2D eigenvalue weighted by Crippen LogP contribution is -2.44. The Morgan fingerprint density at radius 1 is 1.19 bits per heavy atom. The molecule has 9 heteroatoms. The van der Waals surface area contributed by atoms with Gasteiger partial charge in [-0.3, -0.25) is 19.3 Å². The molecule has 138 valence electrons. The second-order valence-electron chi connectivity index (χ2n) is 6.35. The number of carbonyl (C=O) groups is 4. The molecule has 5 amide bonds. The molecule has 1 aromatic carbocycles. The number of amides is 5. The van der Waals surface area contributed by atoms with Gasteiger partial charge in [0.2, 0.25) is 5.91 Å². The van der Waals surface area contributed by atoms with Gasteiger partial charge in [-0.2, -0.15) is 0 Å². The molecule has 0 unspecified atom stereocenters. The van der Waals surface area contributed by atoms with Crippen molar-refractivity contribution in [2.24, 2.45) is 0 Å². The quantitative estimate of drug-likeness (QED) is 0.549. The van der Waals surface area contributed by atoms with Gasteiger partial charge in [-0.25, -0.2) is 14.6 Å². The van der Waals surface area contributed by atoms with Crippen molar-refractivity contribution in [1.29, 1.82) is 0 Å². The van der Waals surface area contributed by atoms with Gasteiger partial charge in [0.1, 0.15) is 5.75 Å². The normalized spacial score (nSPS) is 17.3. The number of anilines is 1. The predicted octanol–water partition coefficient (Wildman–Crippen LogP) is 0.158. The maximum absolute atomic E-state index is 12.5. The van der Waals surface area contributed by atoms with E-state index in [-0.39, 0.29) is 30.8 Å². The van der Waals surface area contributed by atoms with E-state index in [4.69, 9.17) is 4.74 Å². The Hall–Kier alpha value is -2.94. The first kappa shape index (κ1) is 17.9. The first-order valence-corrected chi connectivity index (χ1v) is 8.22. The van der Waals surface area contributed by atoms with Crippen molar-refractivity contribution in [3.63, 3.8) is 0 Å². The van der Waals surface area contributed by atoms with Crippen LogP contribution >= 0.6 is 0 Å². The minimum absolute atomic E-state index is 0.0320. The Labute approximate surface area is 150 Å². The predicted molar refractivity (Wildman–Crippen MR) is 91.4 cm³/mol. The zero-order valence-electron chi connectivity index (χ0n) is 14.6. The van der Waals surface area contributed by atoms with Crippen LogP contribution in [0.15, 0.2) is 24.3 Å². The molecule has 0 aromatic heterocycles. The highest BCUT2D eigenvalue weighted by Crippen LogP contribution is 2.24. The van der Waals surface area contributed by atoms with Crippen LogP contribution in [0.25, 0.3) is 0 Å². The largest absolute Gasteiger partial charge is 0.497 e. The van der Waals surface area contributed by atoms with Crippen LogP contribution < -0.4 is 15.0 Å². The fourth-order valence-corrected chi connectivity index (χ4v) is 2.63. The van der Waals surface area contributed by atoms with E-state index in [0.29, 0.717) is 5.75 Å². The number of urea groups is 1. The van der Waals surface area contributed by atoms with Gasteiger partial charge in [0.25, 0.3) is 0 Å². The highest BCUT2D eigenvalue weighted by molar-refractivity contribution is 6.52. The summed E-state index contributed by atoms with van der Waals surface area (Å²) in [4.78, 5) is 51.9. The summed E-state index contributed by atoms with van der Waals surface area (Å²) in [6.45, 7) is -0.113. The third-order valence-corrected chi connectivity index (χ3v) is 4.12. The first-order valence-electron chi connectivity index (χ1n) is 8.22. The molecule has 1 saturated heterocycles. The van der Waals surface area contributed by atoms with Crippen molar-refractivity contribution in [2.45, 2.75) is 18.9 Å². The maximum atomic E-state index is 12.5. The summed E-state index contributed by atoms with van der Waals surface area (Å²) in [6, 6.07) is 5.74. The number of benzene rings is 1. The summed E-state index contributed by atoms with van der Waals surface area (Å²) in [5, 5.41) is 2.83. The Morgan fingerprint density at radius 3 is 2.42 bits per heavy atom. The molecule has 1 saturated carbocycles. The minimum Gasteiger partial charge on any atom is -0.497 e. The second kappa shape index (κ2) is 7.12. The lowest BCUT2D eigenvalue weighted by atomic mass is 10.3. The zero-order valence-corrected chi connectivity index (χ0v) is 14.6. The Morgan fingerprint density at radius 2 is 1.85 bits per heavy atom. The van der Waals surface area contributed by atoms with E-state index in [9.17, 15) is 19.2 Å². The summed E-state index contributed by atoms with van der Waals surface area (Å²) in [6.07, 6.45) is 1.95. The molecular formula is C17H20N4O5. The molecule has 3 rings (SSSR count). The number of rotatable bonds is 7. The van der Waals surface area contributed by atoms with E-state index in [0.717, 1.165) is 22.6 Å². The number of nitrogens with one attached hydrogen (secondary N) is 1. The number of nitrogens with zero attached hydrogens (tertiary/aromatic N) is 3. The molecule has 1 aromatic rings. The number of imide groups is 2. The van der Waals surface area contributed by atoms with Crippen molar-refractivity contribution in [1.82, 2.24) is 15.1 Å². The molecule has 0 spiro atoms. The highest BCUT2D eigenvalue weighted by atomic mass is 16.5. The minimum atomic E-state index is -0.920. The molecule has 0 atom stereocenters. The SMILES string of the molecule is COc1ccc(N2C(=O)C(=O)N(CN(C)CC(=O)NC3CC3)C2=O)cc1. The van der Waals surface area contributed by atoms with Crippen LogP contribution in [-0.2, 0) is 14.4 Å². The maximum Gasteiger partial charge on any atom is 0.340 e. The van der Waals surface area contributed by atoms with E-state index in [2.05, 4.69) is 5.32 Å². The second-order valence-corrected chi connectivity index (χ2v) is 6.35. The van der Waals surface area contributed by atoms with Gasteiger partial charge in [-0.1, -0.05) is 0 Å². The highest BCUT2D eigenvalue weighted by Gasteiger charge is 2.45. The smallest absolute Gasteiger partial charge is 0.340 e. The van der Waals surface area contributed by atoms with Crippen molar-refractivity contribution < 1.29 is 23.9 Å². The van der Waals surface area contributed by atoms with E-state index in [1.165, 1.54) is 24.1 Å². The van der Waals surface area contributed by atoms with Crippen LogP contribution in [0.4, 0.5) is 10.5 Å². The van der Waals surface area contributed by atoms with Crippen LogP contribution in [-0.4, -0.2) is 67.0 Å². The van der Waals surface area contributed by atoms with Gasteiger partial charge in [-0.05, 0) is 44.2 Å². The lowest BCUT2D eigenvalue weighted by Gasteiger charge is -2.22. The van der Waals surface area contributed by atoms with Crippen LogP contribution in [0.2, 0.25) is 0 Å². The van der Waals surface area contributed by atoms with Gasteiger partial charge in [0.05, 0.1) is 26.0 Å². The zero-order chi connectivity index (χ0) is 18.8. The van der Waals surface area contributed by atoms with Crippen LogP contribution in [0, 0.1) is 0 Å². The van der Waals surface area contributed by atoms with Gasteiger partial charge < -0.3 is 10.1 Å². The molecular weight excluding hydrogens is 340 g/mol. The Kier molecular flexibility index (Phi) is 4.90. The number of hydrogen-bond acceptors (Lipinski definition) is 6. The lowest BCUT2D eigenvalue weighted by molar-refractivity contribution is -0.140. The van der Waals surface area contributed by atoms with Gasteiger partial charge in [0.15, 0.2) is 0 Å². The van der Waals surface area contributed by atoms with E-state index in [1.54, 1.807) is 19.2 Å². The van der Waals surface area contributed by atoms with Crippen LogP contribution in [0.1, 0.15) is 12.8 Å². The van der Waals surface area contributed by atoms with Crippen LogP contribution in [0.3, 0.4) is 0 Å². The molecule has 0 radical (unpaired) electrons. The Bertz CT molecular complexity index is 744. The number of methoxy groups -OCH3 is 1. The van der Waals surface area contributed by atoms with Crippen molar-refractivity contribution in [2.75, 3.05) is 32.3 Å². The third kappa shape index (κ3) is 3.67. The number of likely N-dealkylation sites (N-methyl/N-ethyl adjacent to an activating group) is 1. The van der Waals surface area contributed by atoms with Crippen LogP contribution in [0.5, 0.6) is 5.75 Å². The fraction of sp³-hybridized carbons (Fsp3) is 0.412. The number of carbonyl (C=O) groups excluding carboxylic acids is 4. The van der Waals surface area contributed by atoms with E-state index < -0.39 is 17.8 Å². The Balaban J connectivity index is 1.66. The van der Waals surface area contributed by atoms with E-state index >= 15 is 0 Å². The number of ether oxygens (including phenoxy) is 1. The monoisotopic (exact) mass is 360 g/mol. The van der Waals surface area contributed by atoms with Gasteiger partial charge >= 0.3 is 17.8 Å². The summed E-state index contributed by atoms with van der Waals surface area (Å²) < 4.78 is 5.04. The van der Waals surface area contributed by atoms with Gasteiger partial charge in [0, 0.05) is 6.04 Å². The van der Waals surface area contributed by atoms with Crippen molar-refractivity contribution >= 4 is 29.4 Å². The summed E-state index contributed by atoms with van der Waals surface area (Å²) in [5.41, 5.74) is 0.283. The van der Waals surface area contributed by atoms with Crippen molar-refractivity contribution in [3.8, 4) is 5.75 Å². The van der Waals surface area contributed by atoms with Gasteiger partial charge in [-0.15, -0.1) is 0 Å². The average molecular weight is 360 g/mol. The molecule has 1 aliphatic heterocycles. The van der Waals surface area contributed by atoms with Crippen molar-refractivity contribution in [3.05, 3.63) is 24.3 Å². The topological polar surface area (TPSA) is 99.3 Å². The molecule has 2 aliphatic rings. The van der Waals surface area contributed by atoms with E-state index in [1.807, 2.05) is 0 Å². The molecule has 26 heavy (non-hydrogen) atoms. The molecule has 0 bridgehead atoms.